The van der Waals surface area contributed by atoms with Crippen molar-refractivity contribution in [1.29, 1.82) is 0 Å². The zero-order chi connectivity index (χ0) is 12.3. The van der Waals surface area contributed by atoms with E-state index in [9.17, 15) is 13.2 Å². The average molecular weight is 245 g/mol. The topological polar surface area (TPSA) is 37.0 Å². The van der Waals surface area contributed by atoms with Crippen LogP contribution in [0.3, 0.4) is 0 Å². The van der Waals surface area contributed by atoms with Gasteiger partial charge in [-0.05, 0) is 31.5 Å². The van der Waals surface area contributed by atoms with Crippen LogP contribution in [0.15, 0.2) is 18.3 Å². The molecule has 1 aliphatic rings. The number of hydrogen-bond donors (Lipinski definition) is 2. The Balaban J connectivity index is 1.89. The molecule has 0 radical (unpaired) electrons. The number of pyridine rings is 1. The molecule has 6 heteroatoms. The van der Waals surface area contributed by atoms with Gasteiger partial charge in [-0.15, -0.1) is 0 Å². The van der Waals surface area contributed by atoms with E-state index in [1.165, 1.54) is 6.07 Å². The highest BCUT2D eigenvalue weighted by Gasteiger charge is 2.30. The van der Waals surface area contributed by atoms with E-state index in [-0.39, 0.29) is 0 Å². The Labute approximate surface area is 97.4 Å². The Bertz CT molecular complexity index is 355. The van der Waals surface area contributed by atoms with E-state index < -0.39 is 11.7 Å². The summed E-state index contributed by atoms with van der Waals surface area (Å²) >= 11 is 0. The minimum absolute atomic E-state index is 0.388. The van der Waals surface area contributed by atoms with Crippen LogP contribution in [0.25, 0.3) is 0 Å². The van der Waals surface area contributed by atoms with Gasteiger partial charge in [-0.3, -0.25) is 0 Å². The van der Waals surface area contributed by atoms with Crippen LogP contribution in [-0.2, 0) is 6.18 Å². The second-order valence-electron chi connectivity index (χ2n) is 4.10. The Morgan fingerprint density at radius 1 is 1.41 bits per heavy atom. The highest BCUT2D eigenvalue weighted by molar-refractivity contribution is 5.36. The average Bonchev–Trinajstić information content (AvgIpc) is 2.78. The summed E-state index contributed by atoms with van der Waals surface area (Å²) in [6.45, 7) is 1.70. The number of hydrogen-bond acceptors (Lipinski definition) is 3. The quantitative estimate of drug-likeness (QED) is 0.857. The molecule has 1 fully saturated rings. The second-order valence-corrected chi connectivity index (χ2v) is 4.10. The van der Waals surface area contributed by atoms with Crippen molar-refractivity contribution < 1.29 is 13.2 Å². The molecule has 0 aliphatic carbocycles. The molecule has 0 spiro atoms. The van der Waals surface area contributed by atoms with Crippen LogP contribution in [0, 0.1) is 0 Å². The Morgan fingerprint density at radius 2 is 2.24 bits per heavy atom. The van der Waals surface area contributed by atoms with Gasteiger partial charge in [0.1, 0.15) is 5.82 Å². The molecule has 1 aliphatic heterocycles. The predicted molar refractivity (Wildman–Crippen MR) is 58.8 cm³/mol. The first-order chi connectivity index (χ1) is 8.05. The largest absolute Gasteiger partial charge is 0.417 e. The van der Waals surface area contributed by atoms with Gasteiger partial charge in [0.05, 0.1) is 5.56 Å². The molecular formula is C11H14F3N3. The number of nitrogens with zero attached hydrogens (tertiary/aromatic N) is 1. The van der Waals surface area contributed by atoms with Crippen molar-refractivity contribution in [2.24, 2.45) is 0 Å². The van der Waals surface area contributed by atoms with Crippen molar-refractivity contribution in [1.82, 2.24) is 10.3 Å². The van der Waals surface area contributed by atoms with Crippen LogP contribution >= 0.6 is 0 Å². The molecule has 1 aromatic rings. The van der Waals surface area contributed by atoms with Gasteiger partial charge in [-0.2, -0.15) is 13.2 Å². The molecule has 17 heavy (non-hydrogen) atoms. The summed E-state index contributed by atoms with van der Waals surface area (Å²) in [5, 5.41) is 6.32. The molecule has 1 aromatic heterocycles. The normalized spacial score (nSPS) is 20.5. The van der Waals surface area contributed by atoms with E-state index >= 15 is 0 Å². The maximum absolute atomic E-state index is 12.3. The fourth-order valence-corrected chi connectivity index (χ4v) is 1.82. The summed E-state index contributed by atoms with van der Waals surface area (Å²) in [7, 11) is 0. The van der Waals surface area contributed by atoms with Crippen LogP contribution in [0.4, 0.5) is 19.0 Å². The van der Waals surface area contributed by atoms with Crippen molar-refractivity contribution in [2.75, 3.05) is 18.4 Å². The summed E-state index contributed by atoms with van der Waals surface area (Å²) in [4.78, 5) is 3.75. The van der Waals surface area contributed by atoms with Crippen molar-refractivity contribution in [2.45, 2.75) is 25.1 Å². The lowest BCUT2D eigenvalue weighted by Gasteiger charge is -2.12. The lowest BCUT2D eigenvalue weighted by molar-refractivity contribution is -0.137. The standard InChI is InChI=1S/C11H14F3N3/c12-11(13,14)8-3-4-10(16-6-8)17-7-9-2-1-5-15-9/h3-4,6,9,15H,1-2,5,7H2,(H,16,17)/t9-/m0/s1. The van der Waals surface area contributed by atoms with Gasteiger partial charge in [-0.1, -0.05) is 0 Å². The van der Waals surface area contributed by atoms with E-state index in [2.05, 4.69) is 15.6 Å². The van der Waals surface area contributed by atoms with Gasteiger partial charge in [0, 0.05) is 18.8 Å². The third-order valence-corrected chi connectivity index (χ3v) is 2.78. The number of aromatic nitrogens is 1. The third-order valence-electron chi connectivity index (χ3n) is 2.78. The number of nitrogens with one attached hydrogen (secondary N) is 2. The fourth-order valence-electron chi connectivity index (χ4n) is 1.82. The van der Waals surface area contributed by atoms with Gasteiger partial charge in [0.2, 0.25) is 0 Å². The monoisotopic (exact) mass is 245 g/mol. The predicted octanol–water partition coefficient (Wildman–Crippen LogP) is 2.26. The highest BCUT2D eigenvalue weighted by Crippen LogP contribution is 2.28. The maximum Gasteiger partial charge on any atom is 0.417 e. The molecule has 2 rings (SSSR count). The highest BCUT2D eigenvalue weighted by atomic mass is 19.4. The van der Waals surface area contributed by atoms with Crippen LogP contribution in [0.2, 0.25) is 0 Å². The number of halogens is 3. The van der Waals surface area contributed by atoms with E-state index in [0.717, 1.165) is 31.6 Å². The van der Waals surface area contributed by atoms with Crippen LogP contribution < -0.4 is 10.6 Å². The molecule has 0 unspecified atom stereocenters. The molecule has 0 saturated carbocycles. The Kier molecular flexibility index (Phi) is 3.51. The molecule has 3 nitrogen and oxygen atoms in total. The summed E-state index contributed by atoms with van der Waals surface area (Å²) < 4.78 is 36.8. The molecule has 0 bridgehead atoms. The van der Waals surface area contributed by atoms with E-state index in [1.807, 2.05) is 0 Å². The zero-order valence-electron chi connectivity index (χ0n) is 9.22. The van der Waals surface area contributed by atoms with Crippen LogP contribution in [0.5, 0.6) is 0 Å². The molecule has 1 atom stereocenters. The maximum atomic E-state index is 12.3. The smallest absolute Gasteiger partial charge is 0.369 e. The van der Waals surface area contributed by atoms with Crippen molar-refractivity contribution in [3.05, 3.63) is 23.9 Å². The van der Waals surface area contributed by atoms with E-state index in [0.29, 0.717) is 18.4 Å². The van der Waals surface area contributed by atoms with Crippen LogP contribution in [-0.4, -0.2) is 24.1 Å². The number of rotatable bonds is 3. The van der Waals surface area contributed by atoms with Crippen molar-refractivity contribution in [3.63, 3.8) is 0 Å². The fraction of sp³-hybridized carbons (Fsp3) is 0.545. The van der Waals surface area contributed by atoms with Gasteiger partial charge in [0.15, 0.2) is 0 Å². The summed E-state index contributed by atoms with van der Waals surface area (Å²) in [5.74, 6) is 0.478. The minimum atomic E-state index is -4.32. The summed E-state index contributed by atoms with van der Waals surface area (Å²) in [6.07, 6.45) is -1.23. The molecule has 2 N–H and O–H groups in total. The molecular weight excluding hydrogens is 231 g/mol. The second kappa shape index (κ2) is 4.91. The molecule has 0 amide bonds. The van der Waals surface area contributed by atoms with Gasteiger partial charge in [0.25, 0.3) is 0 Å². The minimum Gasteiger partial charge on any atom is -0.369 e. The molecule has 0 aromatic carbocycles. The summed E-state index contributed by atoms with van der Waals surface area (Å²) in [6, 6.07) is 2.79. The molecule has 94 valence electrons. The molecule has 2 heterocycles. The van der Waals surface area contributed by atoms with Crippen molar-refractivity contribution >= 4 is 5.82 Å². The first kappa shape index (κ1) is 12.2. The van der Waals surface area contributed by atoms with Gasteiger partial charge < -0.3 is 10.6 Å². The van der Waals surface area contributed by atoms with E-state index in [4.69, 9.17) is 0 Å². The first-order valence-electron chi connectivity index (χ1n) is 5.56. The Morgan fingerprint density at radius 3 is 2.76 bits per heavy atom. The first-order valence-corrected chi connectivity index (χ1v) is 5.56. The number of anilines is 1. The van der Waals surface area contributed by atoms with E-state index in [1.54, 1.807) is 0 Å². The lowest BCUT2D eigenvalue weighted by Crippen LogP contribution is -2.29. The Hall–Kier alpha value is -1.30. The van der Waals surface area contributed by atoms with Gasteiger partial charge in [-0.25, -0.2) is 4.98 Å². The SMILES string of the molecule is FC(F)(F)c1ccc(NC[C@@H]2CCCN2)nc1. The molecule has 1 saturated heterocycles. The third kappa shape index (κ3) is 3.33. The lowest BCUT2D eigenvalue weighted by atomic mass is 10.2. The summed E-state index contributed by atoms with van der Waals surface area (Å²) in [5.41, 5.74) is -0.720. The van der Waals surface area contributed by atoms with Crippen molar-refractivity contribution in [3.8, 4) is 0 Å². The van der Waals surface area contributed by atoms with Crippen LogP contribution in [0.1, 0.15) is 18.4 Å². The van der Waals surface area contributed by atoms with Gasteiger partial charge >= 0.3 is 6.18 Å². The zero-order valence-corrected chi connectivity index (χ0v) is 9.22. The number of alkyl halides is 3.